The van der Waals surface area contributed by atoms with Gasteiger partial charge in [0.1, 0.15) is 5.60 Å². The van der Waals surface area contributed by atoms with Crippen molar-refractivity contribution in [1.82, 2.24) is 9.21 Å². The lowest BCUT2D eigenvalue weighted by Gasteiger charge is -2.39. The molecule has 7 nitrogen and oxygen atoms in total. The number of benzene rings is 1. The molecule has 1 heterocycles. The van der Waals surface area contributed by atoms with Gasteiger partial charge in [-0.2, -0.15) is 9.57 Å². The van der Waals surface area contributed by atoms with Gasteiger partial charge in [0.25, 0.3) is 0 Å². The zero-order chi connectivity index (χ0) is 19.5. The molecule has 1 atom stereocenters. The first-order valence-electron chi connectivity index (χ1n) is 8.49. The number of carbonyl (C=O) groups excluding carboxylic acids is 1. The summed E-state index contributed by atoms with van der Waals surface area (Å²) in [7, 11) is -3.60. The first kappa shape index (κ1) is 20.2. The van der Waals surface area contributed by atoms with Crippen molar-refractivity contribution in [1.29, 1.82) is 5.26 Å². The fraction of sp³-hybridized carbons (Fsp3) is 0.556. The largest absolute Gasteiger partial charge is 0.444 e. The van der Waals surface area contributed by atoms with E-state index in [-0.39, 0.29) is 31.4 Å². The molecule has 1 aliphatic heterocycles. The SMILES string of the molecule is CC1CN(C(=O)OC(C)(C)C)CCN1S(=O)(=O)Cc1ccccc1C#N. The summed E-state index contributed by atoms with van der Waals surface area (Å²) in [5, 5.41) is 9.15. The van der Waals surface area contributed by atoms with E-state index in [2.05, 4.69) is 0 Å². The molecule has 0 aromatic heterocycles. The number of sulfonamides is 1. The maximum atomic E-state index is 12.8. The average Bonchev–Trinajstić information content (AvgIpc) is 2.53. The number of rotatable bonds is 3. The molecule has 142 valence electrons. The number of amides is 1. The van der Waals surface area contributed by atoms with E-state index < -0.39 is 21.7 Å². The molecule has 1 fully saturated rings. The summed E-state index contributed by atoms with van der Waals surface area (Å²) in [6.07, 6.45) is -0.434. The van der Waals surface area contributed by atoms with Crippen LogP contribution in [-0.2, 0) is 20.5 Å². The van der Waals surface area contributed by atoms with Gasteiger partial charge < -0.3 is 9.64 Å². The molecule has 0 spiro atoms. The van der Waals surface area contributed by atoms with Crippen LogP contribution in [0.1, 0.15) is 38.8 Å². The number of nitrogens with zero attached hydrogens (tertiary/aromatic N) is 3. The van der Waals surface area contributed by atoms with Gasteiger partial charge in [-0.1, -0.05) is 18.2 Å². The minimum Gasteiger partial charge on any atom is -0.444 e. The van der Waals surface area contributed by atoms with Gasteiger partial charge in [0.05, 0.1) is 17.4 Å². The number of hydrogen-bond donors (Lipinski definition) is 0. The second-order valence-electron chi connectivity index (χ2n) is 7.41. The van der Waals surface area contributed by atoms with Crippen molar-refractivity contribution >= 4 is 16.1 Å². The highest BCUT2D eigenvalue weighted by atomic mass is 32.2. The van der Waals surface area contributed by atoms with E-state index in [1.807, 2.05) is 6.07 Å². The third-order valence-electron chi connectivity index (χ3n) is 4.05. The van der Waals surface area contributed by atoms with Crippen molar-refractivity contribution < 1.29 is 17.9 Å². The van der Waals surface area contributed by atoms with Crippen LogP contribution in [0.5, 0.6) is 0 Å². The first-order valence-corrected chi connectivity index (χ1v) is 10.1. The molecular formula is C18H25N3O4S. The molecule has 1 aromatic rings. The van der Waals surface area contributed by atoms with Gasteiger partial charge in [0.15, 0.2) is 0 Å². The number of hydrogen-bond acceptors (Lipinski definition) is 5. The van der Waals surface area contributed by atoms with Crippen molar-refractivity contribution in [2.45, 2.75) is 45.1 Å². The molecule has 0 bridgehead atoms. The Hall–Kier alpha value is -2.11. The topological polar surface area (TPSA) is 90.7 Å². The summed E-state index contributed by atoms with van der Waals surface area (Å²) in [6, 6.07) is 8.34. The summed E-state index contributed by atoms with van der Waals surface area (Å²) in [6.45, 7) is 7.90. The van der Waals surface area contributed by atoms with Crippen LogP contribution in [0.2, 0.25) is 0 Å². The molecule has 1 unspecified atom stereocenters. The Morgan fingerprint density at radius 1 is 1.31 bits per heavy atom. The molecular weight excluding hydrogens is 354 g/mol. The molecule has 1 saturated heterocycles. The van der Waals surface area contributed by atoms with Gasteiger partial charge in [-0.3, -0.25) is 0 Å². The molecule has 1 amide bonds. The van der Waals surface area contributed by atoms with Crippen molar-refractivity contribution in [2.75, 3.05) is 19.6 Å². The van der Waals surface area contributed by atoms with Crippen LogP contribution in [0, 0.1) is 11.3 Å². The van der Waals surface area contributed by atoms with Gasteiger partial charge >= 0.3 is 6.09 Å². The van der Waals surface area contributed by atoms with Gasteiger partial charge in [-0.25, -0.2) is 13.2 Å². The molecule has 0 N–H and O–H groups in total. The van der Waals surface area contributed by atoms with E-state index in [4.69, 9.17) is 10.00 Å². The monoisotopic (exact) mass is 379 g/mol. The van der Waals surface area contributed by atoms with E-state index in [1.165, 1.54) is 9.21 Å². The van der Waals surface area contributed by atoms with Crippen LogP contribution in [0.3, 0.4) is 0 Å². The Morgan fingerprint density at radius 3 is 2.54 bits per heavy atom. The van der Waals surface area contributed by atoms with Crippen LogP contribution >= 0.6 is 0 Å². The second-order valence-corrected chi connectivity index (χ2v) is 9.33. The Bertz CT molecular complexity index is 808. The van der Waals surface area contributed by atoms with E-state index >= 15 is 0 Å². The van der Waals surface area contributed by atoms with Crippen LogP contribution in [-0.4, -0.2) is 55.0 Å². The summed E-state index contributed by atoms with van der Waals surface area (Å²) >= 11 is 0. The Balaban J connectivity index is 2.08. The summed E-state index contributed by atoms with van der Waals surface area (Å²) in [5.74, 6) is -0.229. The predicted molar refractivity (Wildman–Crippen MR) is 97.8 cm³/mol. The highest BCUT2D eigenvalue weighted by molar-refractivity contribution is 7.88. The minimum absolute atomic E-state index is 0.206. The van der Waals surface area contributed by atoms with Gasteiger partial charge in [0, 0.05) is 25.7 Å². The lowest BCUT2D eigenvalue weighted by molar-refractivity contribution is 0.0143. The average molecular weight is 379 g/mol. The molecule has 0 saturated carbocycles. The zero-order valence-corrected chi connectivity index (χ0v) is 16.4. The summed E-state index contributed by atoms with van der Waals surface area (Å²) in [5.41, 5.74) is 0.248. The Morgan fingerprint density at radius 2 is 1.96 bits per heavy atom. The summed E-state index contributed by atoms with van der Waals surface area (Å²) in [4.78, 5) is 13.7. The van der Waals surface area contributed by atoms with Crippen LogP contribution < -0.4 is 0 Å². The number of nitriles is 1. The standard InChI is InChI=1S/C18H25N3O4S/c1-14-12-20(17(22)25-18(2,3)4)9-10-21(14)26(23,24)13-16-8-6-5-7-15(16)11-19/h5-8,14H,9-10,12-13H2,1-4H3. The molecule has 0 aliphatic carbocycles. The van der Waals surface area contributed by atoms with Crippen molar-refractivity contribution in [3.8, 4) is 6.07 Å². The second kappa shape index (κ2) is 7.64. The molecule has 1 aliphatic rings. The molecule has 2 rings (SSSR count). The third-order valence-corrected chi connectivity index (χ3v) is 5.98. The number of ether oxygens (including phenoxy) is 1. The smallest absolute Gasteiger partial charge is 0.410 e. The molecule has 0 radical (unpaired) electrons. The Kier molecular flexibility index (Phi) is 5.94. The lowest BCUT2D eigenvalue weighted by Crippen LogP contribution is -2.56. The van der Waals surface area contributed by atoms with E-state index in [1.54, 1.807) is 52.0 Å². The third kappa shape index (κ3) is 4.96. The Labute approximate surface area is 155 Å². The van der Waals surface area contributed by atoms with E-state index in [0.29, 0.717) is 11.1 Å². The van der Waals surface area contributed by atoms with Crippen molar-refractivity contribution in [3.63, 3.8) is 0 Å². The van der Waals surface area contributed by atoms with Crippen molar-refractivity contribution in [3.05, 3.63) is 35.4 Å². The van der Waals surface area contributed by atoms with Gasteiger partial charge in [0.2, 0.25) is 10.0 Å². The fourth-order valence-electron chi connectivity index (χ4n) is 2.88. The minimum atomic E-state index is -3.60. The van der Waals surface area contributed by atoms with Gasteiger partial charge in [-0.05, 0) is 39.3 Å². The fourth-order valence-corrected chi connectivity index (χ4v) is 4.67. The zero-order valence-electron chi connectivity index (χ0n) is 15.6. The van der Waals surface area contributed by atoms with Crippen LogP contribution in [0.15, 0.2) is 24.3 Å². The summed E-state index contributed by atoms with van der Waals surface area (Å²) < 4.78 is 32.4. The maximum Gasteiger partial charge on any atom is 0.410 e. The highest BCUT2D eigenvalue weighted by Gasteiger charge is 2.35. The predicted octanol–water partition coefficient (Wildman–Crippen LogP) is 2.33. The molecule has 1 aromatic carbocycles. The number of piperazine rings is 1. The van der Waals surface area contributed by atoms with Crippen LogP contribution in [0.4, 0.5) is 4.79 Å². The van der Waals surface area contributed by atoms with E-state index in [0.717, 1.165) is 0 Å². The highest BCUT2D eigenvalue weighted by Crippen LogP contribution is 2.21. The first-order chi connectivity index (χ1) is 12.0. The van der Waals surface area contributed by atoms with Crippen LogP contribution in [0.25, 0.3) is 0 Å². The maximum absolute atomic E-state index is 12.8. The van der Waals surface area contributed by atoms with Crippen molar-refractivity contribution in [2.24, 2.45) is 0 Å². The quantitative estimate of drug-likeness (QED) is 0.804. The lowest BCUT2D eigenvalue weighted by atomic mass is 10.1. The molecule has 8 heteroatoms. The number of carbonyl (C=O) groups is 1. The molecule has 26 heavy (non-hydrogen) atoms. The normalized spacial score (nSPS) is 19.0. The van der Waals surface area contributed by atoms with E-state index in [9.17, 15) is 13.2 Å². The van der Waals surface area contributed by atoms with Gasteiger partial charge in [-0.15, -0.1) is 0 Å².